The molecule has 1 aliphatic heterocycles. The number of nitrogens with zero attached hydrogens (tertiary/aromatic N) is 6. The Labute approximate surface area is 205 Å². The minimum absolute atomic E-state index is 0.0745. The number of benzene rings is 1. The van der Waals surface area contributed by atoms with E-state index in [0.29, 0.717) is 48.8 Å². The van der Waals surface area contributed by atoms with Crippen LogP contribution in [0.25, 0.3) is 11.0 Å². The minimum Gasteiger partial charge on any atom is -0.349 e. The van der Waals surface area contributed by atoms with Crippen molar-refractivity contribution in [3.8, 4) is 6.07 Å². The fraction of sp³-hybridized carbons (Fsp3) is 0.440. The number of rotatable bonds is 5. The Morgan fingerprint density at radius 3 is 2.42 bits per heavy atom. The van der Waals surface area contributed by atoms with Crippen LogP contribution in [-0.4, -0.2) is 44.6 Å². The molecule has 1 saturated heterocycles. The van der Waals surface area contributed by atoms with Gasteiger partial charge >= 0.3 is 11.9 Å². The number of pyridine rings is 1. The highest BCUT2D eigenvalue weighted by atomic mass is 19.4. The molecule has 1 aromatic carbocycles. The number of anilines is 1. The maximum Gasteiger partial charge on any atom is 0.416 e. The maximum absolute atomic E-state index is 14.6. The van der Waals surface area contributed by atoms with Crippen LogP contribution in [0.1, 0.15) is 43.5 Å². The number of aryl methyl sites for hydroxylation is 1. The molecule has 0 spiro atoms. The second-order valence-electron chi connectivity index (χ2n) is 8.96. The number of hydrogen-bond donors (Lipinski definition) is 0. The lowest BCUT2D eigenvalue weighted by atomic mass is 10.0. The Morgan fingerprint density at radius 2 is 1.81 bits per heavy atom. The highest BCUT2D eigenvalue weighted by Gasteiger charge is 2.35. The zero-order valence-electron chi connectivity index (χ0n) is 20.2. The molecule has 7 nitrogen and oxygen atoms in total. The molecule has 11 heteroatoms. The molecule has 4 rings (SSSR count). The van der Waals surface area contributed by atoms with Crippen molar-refractivity contribution in [1.29, 1.82) is 5.26 Å². The monoisotopic (exact) mass is 502 g/mol. The Bertz CT molecular complexity index is 1380. The number of halogens is 4. The minimum atomic E-state index is -4.60. The summed E-state index contributed by atoms with van der Waals surface area (Å²) < 4.78 is 54.8. The molecule has 0 saturated carbocycles. The van der Waals surface area contributed by atoms with Gasteiger partial charge in [0.15, 0.2) is 5.82 Å². The Hall–Kier alpha value is -3.52. The topological polar surface area (TPSA) is 78.0 Å². The van der Waals surface area contributed by atoms with E-state index in [1.165, 1.54) is 10.6 Å². The molecule has 0 N–H and O–H groups in total. The van der Waals surface area contributed by atoms with E-state index in [0.717, 1.165) is 6.07 Å². The van der Waals surface area contributed by atoms with Gasteiger partial charge in [0, 0.05) is 44.3 Å². The predicted molar refractivity (Wildman–Crippen MR) is 127 cm³/mol. The van der Waals surface area contributed by atoms with E-state index in [1.54, 1.807) is 19.2 Å². The first-order chi connectivity index (χ1) is 17.1. The number of aromatic nitrogens is 3. The van der Waals surface area contributed by atoms with Crippen LogP contribution < -0.4 is 10.6 Å². The van der Waals surface area contributed by atoms with Gasteiger partial charge in [-0.25, -0.2) is 14.2 Å². The number of alkyl halides is 3. The standard InChI is InChI=1S/C25H26F4N6O/c1-4-18-14-35(23-22-21(33(3)24(36)32-23)9-8-17(11-30)31-22)19(5-2)13-34(18)12-15-6-7-16(10-20(15)26)25(27,28)29/h6-10,18-19H,4-5,12-14H2,1-3H3/t18-,19+/m1/s1. The van der Waals surface area contributed by atoms with Gasteiger partial charge in [-0.2, -0.15) is 23.4 Å². The molecule has 0 bridgehead atoms. The van der Waals surface area contributed by atoms with Gasteiger partial charge in [-0.15, -0.1) is 0 Å². The molecule has 2 atom stereocenters. The third kappa shape index (κ3) is 4.78. The van der Waals surface area contributed by atoms with Crippen molar-refractivity contribution in [1.82, 2.24) is 19.4 Å². The van der Waals surface area contributed by atoms with Crippen LogP contribution in [0, 0.1) is 17.1 Å². The van der Waals surface area contributed by atoms with E-state index in [4.69, 9.17) is 0 Å². The second-order valence-corrected chi connectivity index (χ2v) is 8.96. The van der Waals surface area contributed by atoms with Gasteiger partial charge in [0.25, 0.3) is 0 Å². The Balaban J connectivity index is 1.69. The van der Waals surface area contributed by atoms with Crippen LogP contribution in [0.5, 0.6) is 0 Å². The van der Waals surface area contributed by atoms with E-state index >= 15 is 0 Å². The number of piperazine rings is 1. The van der Waals surface area contributed by atoms with Gasteiger partial charge in [-0.3, -0.25) is 9.47 Å². The normalized spacial score (nSPS) is 19.0. The van der Waals surface area contributed by atoms with Crippen molar-refractivity contribution >= 4 is 16.9 Å². The summed E-state index contributed by atoms with van der Waals surface area (Å²) in [6.45, 7) is 5.08. The van der Waals surface area contributed by atoms with Crippen molar-refractivity contribution in [3.63, 3.8) is 0 Å². The van der Waals surface area contributed by atoms with Crippen molar-refractivity contribution in [2.75, 3.05) is 18.0 Å². The molecule has 3 aromatic rings. The van der Waals surface area contributed by atoms with Crippen molar-refractivity contribution in [2.45, 2.75) is 51.5 Å². The maximum atomic E-state index is 14.6. The zero-order valence-corrected chi connectivity index (χ0v) is 20.2. The van der Waals surface area contributed by atoms with Gasteiger partial charge in [0.1, 0.15) is 23.1 Å². The molecular weight excluding hydrogens is 476 g/mol. The van der Waals surface area contributed by atoms with Crippen LogP contribution in [0.15, 0.2) is 35.1 Å². The third-order valence-electron chi connectivity index (χ3n) is 6.83. The largest absolute Gasteiger partial charge is 0.416 e. The third-order valence-corrected chi connectivity index (χ3v) is 6.83. The summed E-state index contributed by atoms with van der Waals surface area (Å²) in [6.07, 6.45) is -3.24. The molecule has 190 valence electrons. The molecule has 1 fully saturated rings. The molecule has 0 unspecified atom stereocenters. The zero-order chi connectivity index (χ0) is 26.2. The van der Waals surface area contributed by atoms with E-state index in [1.807, 2.05) is 24.8 Å². The summed E-state index contributed by atoms with van der Waals surface area (Å²) in [7, 11) is 1.60. The first-order valence-electron chi connectivity index (χ1n) is 11.7. The SMILES string of the molecule is CC[C@@H]1CN(c2nc(=O)n(C)c3ccc(C#N)nc23)[C@@H](CC)CN1Cc1ccc(C(F)(F)F)cc1F. The van der Waals surface area contributed by atoms with Gasteiger partial charge < -0.3 is 4.90 Å². The number of fused-ring (bicyclic) bond motifs is 1. The lowest BCUT2D eigenvalue weighted by Crippen LogP contribution is -2.58. The smallest absolute Gasteiger partial charge is 0.349 e. The van der Waals surface area contributed by atoms with Crippen LogP contribution in [0.4, 0.5) is 23.4 Å². The second kappa shape index (κ2) is 9.85. The summed E-state index contributed by atoms with van der Waals surface area (Å²) in [5.74, 6) is -0.488. The van der Waals surface area contributed by atoms with Gasteiger partial charge in [-0.1, -0.05) is 19.9 Å². The number of hydrogen-bond acceptors (Lipinski definition) is 6. The first kappa shape index (κ1) is 25.6. The average molecular weight is 503 g/mol. The molecule has 0 aliphatic carbocycles. The average Bonchev–Trinajstić information content (AvgIpc) is 2.86. The summed E-state index contributed by atoms with van der Waals surface area (Å²) in [6, 6.07) is 7.70. The molecule has 3 heterocycles. The van der Waals surface area contributed by atoms with E-state index < -0.39 is 23.2 Å². The summed E-state index contributed by atoms with van der Waals surface area (Å²) in [5.41, 5.74) is -0.0446. The van der Waals surface area contributed by atoms with Crippen molar-refractivity contribution < 1.29 is 17.6 Å². The molecule has 0 radical (unpaired) electrons. The van der Waals surface area contributed by atoms with Crippen molar-refractivity contribution in [2.24, 2.45) is 7.05 Å². The van der Waals surface area contributed by atoms with Crippen LogP contribution in [-0.2, 0) is 19.8 Å². The molecular formula is C25H26F4N6O. The lowest BCUT2D eigenvalue weighted by molar-refractivity contribution is -0.137. The Kier molecular flexibility index (Phi) is 7.00. The Morgan fingerprint density at radius 1 is 1.08 bits per heavy atom. The lowest BCUT2D eigenvalue weighted by Gasteiger charge is -2.47. The first-order valence-corrected chi connectivity index (χ1v) is 11.7. The predicted octanol–water partition coefficient (Wildman–Crippen LogP) is 4.24. The van der Waals surface area contributed by atoms with E-state index in [9.17, 15) is 27.6 Å². The van der Waals surface area contributed by atoms with E-state index in [2.05, 4.69) is 14.9 Å². The highest BCUT2D eigenvalue weighted by molar-refractivity contribution is 5.86. The van der Waals surface area contributed by atoms with Gasteiger partial charge in [-0.05, 0) is 37.1 Å². The van der Waals surface area contributed by atoms with Gasteiger partial charge in [0.2, 0.25) is 0 Å². The van der Waals surface area contributed by atoms with Gasteiger partial charge in [0.05, 0.1) is 11.1 Å². The molecule has 36 heavy (non-hydrogen) atoms. The summed E-state index contributed by atoms with van der Waals surface area (Å²) in [4.78, 5) is 25.5. The highest BCUT2D eigenvalue weighted by Crippen LogP contribution is 2.32. The molecule has 0 amide bonds. The van der Waals surface area contributed by atoms with Crippen molar-refractivity contribution in [3.05, 3.63) is 63.5 Å². The molecule has 2 aromatic heterocycles. The fourth-order valence-electron chi connectivity index (χ4n) is 4.74. The number of nitriles is 1. The summed E-state index contributed by atoms with van der Waals surface area (Å²) >= 11 is 0. The quantitative estimate of drug-likeness (QED) is 0.486. The molecule has 1 aliphatic rings. The van der Waals surface area contributed by atoms with E-state index in [-0.39, 0.29) is 29.9 Å². The van der Waals surface area contributed by atoms with Crippen LogP contribution >= 0.6 is 0 Å². The fourth-order valence-corrected chi connectivity index (χ4v) is 4.74. The van der Waals surface area contributed by atoms with Crippen LogP contribution in [0.3, 0.4) is 0 Å². The summed E-state index contributed by atoms with van der Waals surface area (Å²) in [5, 5.41) is 9.34. The van der Waals surface area contributed by atoms with Crippen LogP contribution in [0.2, 0.25) is 0 Å².